The van der Waals surface area contributed by atoms with Crippen LogP contribution in [0.5, 0.6) is 0 Å². The smallest absolute Gasteiger partial charge is 0.322 e. The number of amides is 2. The van der Waals surface area contributed by atoms with Gasteiger partial charge in [0.05, 0.1) is 6.04 Å². The van der Waals surface area contributed by atoms with Gasteiger partial charge in [-0.2, -0.15) is 0 Å². The van der Waals surface area contributed by atoms with Gasteiger partial charge in [-0.05, 0) is 26.0 Å². The monoisotopic (exact) mass is 234 g/mol. The Bertz CT molecular complexity index is 413. The number of carbonyl (C=O) groups is 1. The van der Waals surface area contributed by atoms with Gasteiger partial charge < -0.3 is 16.0 Å². The lowest BCUT2D eigenvalue weighted by Crippen LogP contribution is -2.45. The molecule has 0 spiro atoms. The number of amidine groups is 1. The van der Waals surface area contributed by atoms with Crippen molar-refractivity contribution in [3.8, 4) is 0 Å². The topological polar surface area (TPSA) is 82.2 Å². The molecule has 5 nitrogen and oxygen atoms in total. The predicted molar refractivity (Wildman–Crippen MR) is 69.3 cm³/mol. The number of nitrogens with two attached hydrogens (primary N) is 1. The number of aryl methyl sites for hydroxylation is 1. The van der Waals surface area contributed by atoms with Gasteiger partial charge in [0, 0.05) is 12.7 Å². The van der Waals surface area contributed by atoms with E-state index in [0.717, 1.165) is 11.3 Å². The van der Waals surface area contributed by atoms with E-state index in [9.17, 15) is 4.79 Å². The van der Waals surface area contributed by atoms with Gasteiger partial charge in [-0.25, -0.2) is 4.79 Å². The number of carbonyl (C=O) groups excluding carboxylic acids is 1. The van der Waals surface area contributed by atoms with Crippen molar-refractivity contribution in [1.29, 1.82) is 5.41 Å². The van der Waals surface area contributed by atoms with E-state index in [4.69, 9.17) is 11.1 Å². The first kappa shape index (κ1) is 13.0. The minimum atomic E-state index is -0.416. The Kier molecular flexibility index (Phi) is 4.09. The van der Waals surface area contributed by atoms with Crippen molar-refractivity contribution < 1.29 is 4.79 Å². The number of nitrogens with one attached hydrogen (secondary N) is 2. The SMILES string of the molecule is Cc1ccc(NC(=O)N(C)C(C)C(=N)N)cc1. The molecule has 1 atom stereocenters. The summed E-state index contributed by atoms with van der Waals surface area (Å²) in [5.74, 6) is -0.0356. The van der Waals surface area contributed by atoms with Crippen molar-refractivity contribution in [1.82, 2.24) is 4.90 Å². The molecule has 0 aromatic heterocycles. The van der Waals surface area contributed by atoms with E-state index in [2.05, 4.69) is 5.32 Å². The molecule has 0 saturated heterocycles. The molecular formula is C12H18N4O. The molecule has 0 bridgehead atoms. The van der Waals surface area contributed by atoms with E-state index < -0.39 is 6.04 Å². The molecule has 0 saturated carbocycles. The lowest BCUT2D eigenvalue weighted by Gasteiger charge is -2.24. The van der Waals surface area contributed by atoms with Crippen molar-refractivity contribution in [2.24, 2.45) is 5.73 Å². The Morgan fingerprint density at radius 1 is 1.41 bits per heavy atom. The van der Waals surface area contributed by atoms with Crippen LogP contribution in [0.25, 0.3) is 0 Å². The van der Waals surface area contributed by atoms with E-state index in [0.29, 0.717) is 0 Å². The normalized spacial score (nSPS) is 11.7. The standard InChI is InChI=1S/C12H18N4O/c1-8-4-6-10(7-5-8)15-12(17)16(3)9(2)11(13)14/h4-7,9H,1-3H3,(H3,13,14)(H,15,17). The molecule has 0 aliphatic heterocycles. The molecular weight excluding hydrogens is 216 g/mol. The number of anilines is 1. The van der Waals surface area contributed by atoms with Gasteiger partial charge in [-0.1, -0.05) is 17.7 Å². The second-order valence-corrected chi connectivity index (χ2v) is 4.04. The second-order valence-electron chi connectivity index (χ2n) is 4.04. The summed E-state index contributed by atoms with van der Waals surface area (Å²) in [5.41, 5.74) is 7.21. The molecule has 17 heavy (non-hydrogen) atoms. The maximum Gasteiger partial charge on any atom is 0.322 e. The van der Waals surface area contributed by atoms with E-state index in [1.807, 2.05) is 31.2 Å². The number of benzene rings is 1. The Morgan fingerprint density at radius 3 is 2.41 bits per heavy atom. The number of rotatable bonds is 3. The van der Waals surface area contributed by atoms with Gasteiger partial charge >= 0.3 is 6.03 Å². The molecule has 1 rings (SSSR count). The minimum absolute atomic E-state index is 0.0356. The quantitative estimate of drug-likeness (QED) is 0.550. The fourth-order valence-electron chi connectivity index (χ4n) is 1.23. The van der Waals surface area contributed by atoms with Crippen LogP contribution in [0.2, 0.25) is 0 Å². The molecule has 0 radical (unpaired) electrons. The fourth-order valence-corrected chi connectivity index (χ4v) is 1.23. The van der Waals surface area contributed by atoms with Gasteiger partial charge in [0.25, 0.3) is 0 Å². The Labute approximate surface area is 101 Å². The summed E-state index contributed by atoms with van der Waals surface area (Å²) < 4.78 is 0. The minimum Gasteiger partial charge on any atom is -0.386 e. The molecule has 2 amide bonds. The second kappa shape index (κ2) is 5.34. The van der Waals surface area contributed by atoms with Crippen LogP contribution in [0.1, 0.15) is 12.5 Å². The maximum absolute atomic E-state index is 11.8. The van der Waals surface area contributed by atoms with E-state index >= 15 is 0 Å². The van der Waals surface area contributed by atoms with Crippen LogP contribution in [-0.4, -0.2) is 29.9 Å². The number of urea groups is 1. The molecule has 4 N–H and O–H groups in total. The van der Waals surface area contributed by atoms with Gasteiger partial charge in [-0.3, -0.25) is 5.41 Å². The summed E-state index contributed by atoms with van der Waals surface area (Å²) in [7, 11) is 1.61. The molecule has 0 fully saturated rings. The zero-order valence-electron chi connectivity index (χ0n) is 10.3. The van der Waals surface area contributed by atoms with Crippen molar-refractivity contribution in [3.63, 3.8) is 0 Å². The van der Waals surface area contributed by atoms with Crippen molar-refractivity contribution in [2.75, 3.05) is 12.4 Å². The van der Waals surface area contributed by atoms with Crippen molar-refractivity contribution in [3.05, 3.63) is 29.8 Å². The highest BCUT2D eigenvalue weighted by Crippen LogP contribution is 2.09. The number of hydrogen-bond acceptors (Lipinski definition) is 2. The van der Waals surface area contributed by atoms with E-state index in [1.165, 1.54) is 4.90 Å². The summed E-state index contributed by atoms with van der Waals surface area (Å²) in [4.78, 5) is 13.2. The van der Waals surface area contributed by atoms with Crippen LogP contribution < -0.4 is 11.1 Å². The molecule has 0 heterocycles. The zero-order valence-corrected chi connectivity index (χ0v) is 10.3. The summed E-state index contributed by atoms with van der Waals surface area (Å²) >= 11 is 0. The Balaban J connectivity index is 2.66. The van der Waals surface area contributed by atoms with E-state index in [-0.39, 0.29) is 11.9 Å². The molecule has 0 aliphatic rings. The summed E-state index contributed by atoms with van der Waals surface area (Å²) in [5, 5.41) is 10.0. The van der Waals surface area contributed by atoms with Crippen LogP contribution >= 0.6 is 0 Å². The molecule has 1 unspecified atom stereocenters. The van der Waals surface area contributed by atoms with Gasteiger partial charge in [0.2, 0.25) is 0 Å². The third kappa shape index (κ3) is 3.48. The first-order chi connectivity index (χ1) is 7.91. The van der Waals surface area contributed by atoms with Crippen LogP contribution in [0, 0.1) is 12.3 Å². The van der Waals surface area contributed by atoms with Crippen LogP contribution in [0.3, 0.4) is 0 Å². The first-order valence-electron chi connectivity index (χ1n) is 5.36. The summed E-state index contributed by atoms with van der Waals surface area (Å²) in [6.07, 6.45) is 0. The molecule has 5 heteroatoms. The average molecular weight is 234 g/mol. The summed E-state index contributed by atoms with van der Waals surface area (Å²) in [6.45, 7) is 3.69. The highest BCUT2D eigenvalue weighted by atomic mass is 16.2. The lowest BCUT2D eigenvalue weighted by atomic mass is 10.2. The van der Waals surface area contributed by atoms with E-state index in [1.54, 1.807) is 14.0 Å². The first-order valence-corrected chi connectivity index (χ1v) is 5.36. The zero-order chi connectivity index (χ0) is 13.0. The number of hydrogen-bond donors (Lipinski definition) is 3. The number of nitrogens with zero attached hydrogens (tertiary/aromatic N) is 1. The predicted octanol–water partition coefficient (Wildman–Crippen LogP) is 1.78. The third-order valence-electron chi connectivity index (χ3n) is 2.65. The van der Waals surface area contributed by atoms with Crippen molar-refractivity contribution in [2.45, 2.75) is 19.9 Å². The Hall–Kier alpha value is -2.04. The van der Waals surface area contributed by atoms with Crippen LogP contribution in [0.4, 0.5) is 10.5 Å². The fraction of sp³-hybridized carbons (Fsp3) is 0.333. The van der Waals surface area contributed by atoms with Crippen LogP contribution in [0.15, 0.2) is 24.3 Å². The third-order valence-corrected chi connectivity index (χ3v) is 2.65. The number of likely N-dealkylation sites (N-methyl/N-ethyl adjacent to an activating group) is 1. The van der Waals surface area contributed by atoms with Gasteiger partial charge in [-0.15, -0.1) is 0 Å². The Morgan fingerprint density at radius 2 is 1.94 bits per heavy atom. The summed E-state index contributed by atoms with van der Waals surface area (Å²) in [6, 6.07) is 6.81. The average Bonchev–Trinajstić information content (AvgIpc) is 2.30. The van der Waals surface area contributed by atoms with Crippen molar-refractivity contribution >= 4 is 17.6 Å². The molecule has 92 valence electrons. The molecule has 1 aromatic rings. The lowest BCUT2D eigenvalue weighted by molar-refractivity contribution is 0.218. The highest BCUT2D eigenvalue weighted by molar-refractivity contribution is 5.93. The molecule has 0 aliphatic carbocycles. The highest BCUT2D eigenvalue weighted by Gasteiger charge is 2.17. The van der Waals surface area contributed by atoms with Gasteiger partial charge in [0.15, 0.2) is 0 Å². The maximum atomic E-state index is 11.8. The molecule has 1 aromatic carbocycles. The van der Waals surface area contributed by atoms with Gasteiger partial charge in [0.1, 0.15) is 5.84 Å². The largest absolute Gasteiger partial charge is 0.386 e. The van der Waals surface area contributed by atoms with Crippen LogP contribution in [-0.2, 0) is 0 Å².